The summed E-state index contributed by atoms with van der Waals surface area (Å²) in [6.45, 7) is 3.34. The van der Waals surface area contributed by atoms with Gasteiger partial charge in [-0.2, -0.15) is 0 Å². The second-order valence-electron chi connectivity index (χ2n) is 25.1. The average molecular weight is 1310 g/mol. The molecule has 7 heterocycles. The van der Waals surface area contributed by atoms with Gasteiger partial charge >= 0.3 is 11.9 Å². The zero-order chi connectivity index (χ0) is 67.2. The van der Waals surface area contributed by atoms with E-state index in [1.807, 2.05) is 129 Å². The second-order valence-corrected chi connectivity index (χ2v) is 25.5. The molecule has 7 aromatic heterocycles. The first-order chi connectivity index (χ1) is 46.9. The highest BCUT2D eigenvalue weighted by Crippen LogP contribution is 2.35. The van der Waals surface area contributed by atoms with Crippen molar-refractivity contribution in [1.29, 1.82) is 0 Å². The number of nitrogens with two attached hydrogens (primary N) is 4. The van der Waals surface area contributed by atoms with Gasteiger partial charge in [0.05, 0.1) is 20.1 Å². The van der Waals surface area contributed by atoms with Crippen molar-refractivity contribution in [2.75, 3.05) is 40.4 Å². The molecule has 0 spiro atoms. The number of Topliss-reactive ketones (excluding diaryl/α,β-unsaturated/α-hetero) is 1. The lowest BCUT2D eigenvalue weighted by molar-refractivity contribution is -0.145. The van der Waals surface area contributed by atoms with Gasteiger partial charge in [0, 0.05) is 104 Å². The number of para-hydroxylation sites is 2. The van der Waals surface area contributed by atoms with Gasteiger partial charge in [-0.05, 0) is 254 Å². The van der Waals surface area contributed by atoms with Crippen molar-refractivity contribution < 1.29 is 33.3 Å². The van der Waals surface area contributed by atoms with Crippen LogP contribution in [-0.2, 0) is 103 Å². The van der Waals surface area contributed by atoms with Crippen molar-refractivity contribution in [3.8, 4) is 23.3 Å². The highest BCUT2D eigenvalue weighted by atomic mass is 31.0. The molecule has 2 aromatic carbocycles. The number of hydrogen-bond donors (Lipinski definition) is 5. The molecule has 0 aliphatic heterocycles. The third-order valence-corrected chi connectivity index (χ3v) is 18.6. The number of methoxy groups -OCH3 is 2. The summed E-state index contributed by atoms with van der Waals surface area (Å²) in [5.74, 6) is 4.16. The van der Waals surface area contributed by atoms with Crippen molar-refractivity contribution in [2.45, 2.75) is 89.5 Å². The van der Waals surface area contributed by atoms with Gasteiger partial charge in [-0.3, -0.25) is 39.3 Å². The van der Waals surface area contributed by atoms with E-state index < -0.39 is 11.9 Å². The van der Waals surface area contributed by atoms with E-state index in [4.69, 9.17) is 37.1 Å². The Kier molecular flexibility index (Phi) is 25.5. The van der Waals surface area contributed by atoms with Crippen molar-refractivity contribution in [3.63, 3.8) is 0 Å². The molecule has 0 saturated carbocycles. The van der Waals surface area contributed by atoms with Gasteiger partial charge in [-0.25, -0.2) is 9.97 Å². The highest BCUT2D eigenvalue weighted by Gasteiger charge is 2.37. The number of nitrogens with one attached hydrogen (secondary N) is 1. The van der Waals surface area contributed by atoms with Crippen LogP contribution in [0, 0.1) is 35.5 Å². The first kappa shape index (κ1) is 69.8. The SMILES string of the molecule is COC(=O)C1Cc2ccncc2C1.COC(=O)C1Cc2cnccc2C1=O.NC1Cc2ccncc2C1.NCC1Cc2ccnc(Oc3ccccc3)c2C1.NCC1Cc2ccncc2C1.NCC1Cc2cnc(Oc3ccccc3)cc2C1.PNCC1Cc2ccncc2C1. The topological polar surface area (TPSA) is 294 Å². The molecule has 20 heteroatoms. The molecule has 19 nitrogen and oxygen atoms in total. The number of esters is 2. The third-order valence-electron chi connectivity index (χ3n) is 18.4. The fourth-order valence-electron chi connectivity index (χ4n) is 13.3. The van der Waals surface area contributed by atoms with Crippen molar-refractivity contribution in [1.82, 2.24) is 40.0 Å². The Hall–Kier alpha value is -9.07. The molecule has 0 fully saturated rings. The highest BCUT2D eigenvalue weighted by molar-refractivity contribution is 7.13. The third kappa shape index (κ3) is 18.9. The Balaban J connectivity index is 0.000000123. The molecule has 8 unspecified atom stereocenters. The molecule has 7 aliphatic rings. The maximum atomic E-state index is 11.7. The van der Waals surface area contributed by atoms with Gasteiger partial charge in [0.2, 0.25) is 11.8 Å². The normalized spacial score (nSPS) is 19.5. The zero-order valence-electron chi connectivity index (χ0n) is 54.7. The Morgan fingerprint density at radius 2 is 0.896 bits per heavy atom. The van der Waals surface area contributed by atoms with Crippen LogP contribution in [0.1, 0.15) is 82.7 Å². The van der Waals surface area contributed by atoms with E-state index in [1.165, 1.54) is 93.8 Å². The van der Waals surface area contributed by atoms with Crippen LogP contribution in [0.2, 0.25) is 0 Å². The maximum Gasteiger partial charge on any atom is 0.316 e. The van der Waals surface area contributed by atoms with Gasteiger partial charge in [-0.15, -0.1) is 0 Å². The summed E-state index contributed by atoms with van der Waals surface area (Å²) >= 11 is 0. The van der Waals surface area contributed by atoms with Crippen molar-refractivity contribution >= 4 is 27.1 Å². The van der Waals surface area contributed by atoms with E-state index in [1.54, 1.807) is 24.7 Å². The molecule has 9 aromatic rings. The van der Waals surface area contributed by atoms with E-state index in [0.717, 1.165) is 119 Å². The standard InChI is InChI=1S/2C15H16N2O.C10H9NO3.C10H11NO2.C9H13N2P.C9H12N2.C8H10N2/c16-9-11-6-12-8-15(17-10-13(12)7-11)18-14-4-2-1-3-5-14;16-10-11-8-12-6-7-17-15(14(12)9-11)18-13-4-2-1-3-5-13;1-14-10(13)8-4-6-5-11-3-2-7(6)9(8)12;1-13-10(12)8-4-7-2-3-11-6-9(7)5-8;12-11-5-7-3-8-1-2-10-6-9(8)4-7;10-5-7-3-8-1-2-11-6-9(8)4-7;9-8-3-6-1-2-10-5-7(6)4-8/h1-5,8,10-11H,6-7,9,16H2;1-7,11H,8-10,16H2;2-3,5,8H,4H2,1H3;2-3,6,8H,4-5H2,1H3;1-2,6-7,11H,3-5,12H2;1-2,6-7H,3-5,10H2;1-2,5,8H,3-4,9H2. The molecule has 9 N–H and O–H groups in total. The number of benzene rings is 2. The monoisotopic (exact) mass is 1310 g/mol. The molecular weight excluding hydrogens is 1220 g/mol. The Morgan fingerprint density at radius 1 is 0.458 bits per heavy atom. The minimum atomic E-state index is -0.667. The quantitative estimate of drug-likeness (QED) is 0.0458. The summed E-state index contributed by atoms with van der Waals surface area (Å²) in [5.41, 5.74) is 40.3. The van der Waals surface area contributed by atoms with Crippen molar-refractivity contribution in [2.24, 2.45) is 58.4 Å². The van der Waals surface area contributed by atoms with Crippen LogP contribution >= 0.6 is 9.39 Å². The molecule has 498 valence electrons. The van der Waals surface area contributed by atoms with Gasteiger partial charge in [0.1, 0.15) is 17.4 Å². The number of pyridine rings is 7. The number of carbonyl (C=O) groups is 3. The molecule has 16 rings (SSSR count). The summed E-state index contributed by atoms with van der Waals surface area (Å²) < 4.78 is 20.9. The number of carbonyl (C=O) groups excluding carboxylic acids is 3. The predicted molar refractivity (Wildman–Crippen MR) is 373 cm³/mol. The van der Waals surface area contributed by atoms with Crippen LogP contribution < -0.4 is 37.5 Å². The Labute approximate surface area is 564 Å². The molecule has 0 bridgehead atoms. The summed E-state index contributed by atoms with van der Waals surface area (Å²) in [6, 6.07) is 33.9. The fourth-order valence-corrected chi connectivity index (χ4v) is 13.6. The summed E-state index contributed by atoms with van der Waals surface area (Å²) in [5, 5.41) is 3.14. The first-order valence-corrected chi connectivity index (χ1v) is 33.5. The Bertz CT molecular complexity index is 3920. The van der Waals surface area contributed by atoms with Crippen LogP contribution in [0.3, 0.4) is 0 Å². The summed E-state index contributed by atoms with van der Waals surface area (Å²) in [4.78, 5) is 63.0. The predicted octanol–water partition coefficient (Wildman–Crippen LogP) is 9.11. The van der Waals surface area contributed by atoms with E-state index in [2.05, 4.69) is 78.4 Å². The Morgan fingerprint density at radius 3 is 1.44 bits per heavy atom. The lowest BCUT2D eigenvalue weighted by Crippen LogP contribution is -2.21. The van der Waals surface area contributed by atoms with E-state index >= 15 is 0 Å². The van der Waals surface area contributed by atoms with E-state index in [-0.39, 0.29) is 17.7 Å². The first-order valence-electron chi connectivity index (χ1n) is 32.9. The minimum absolute atomic E-state index is 0.00389. The van der Waals surface area contributed by atoms with Crippen LogP contribution in [0.5, 0.6) is 23.3 Å². The average Bonchev–Trinajstić information content (AvgIpc) is 1.79. The van der Waals surface area contributed by atoms with Crippen LogP contribution in [0.15, 0.2) is 177 Å². The minimum Gasteiger partial charge on any atom is -0.469 e. The summed E-state index contributed by atoms with van der Waals surface area (Å²) in [6.07, 6.45) is 34.7. The van der Waals surface area contributed by atoms with E-state index in [0.29, 0.717) is 41.7 Å². The molecule has 0 amide bonds. The zero-order valence-corrected chi connectivity index (χ0v) is 55.8. The van der Waals surface area contributed by atoms with Gasteiger partial charge in [0.15, 0.2) is 5.78 Å². The van der Waals surface area contributed by atoms with Gasteiger partial charge in [0.25, 0.3) is 0 Å². The number of rotatable bonds is 11. The molecular formula is C76H87N12O7P. The number of nitrogens with zero attached hydrogens (tertiary/aromatic N) is 7. The lowest BCUT2D eigenvalue weighted by atomic mass is 10.1. The number of hydrogen-bond acceptors (Lipinski definition) is 19. The largest absolute Gasteiger partial charge is 0.469 e. The lowest BCUT2D eigenvalue weighted by Gasteiger charge is -2.08. The van der Waals surface area contributed by atoms with Gasteiger partial charge in [-0.1, -0.05) is 45.8 Å². The maximum absolute atomic E-state index is 11.7. The number of ketones is 1. The molecule has 8 atom stereocenters. The second kappa shape index (κ2) is 35.1. The summed E-state index contributed by atoms with van der Waals surface area (Å²) in [7, 11) is 5.28. The fraction of sp³-hybridized carbons (Fsp3) is 0.342. The van der Waals surface area contributed by atoms with Crippen LogP contribution in [-0.4, -0.2) is 99.1 Å². The number of aromatic nitrogens is 7. The molecule has 7 aliphatic carbocycles. The van der Waals surface area contributed by atoms with Gasteiger partial charge < -0.3 is 47.0 Å². The van der Waals surface area contributed by atoms with Crippen LogP contribution in [0.4, 0.5) is 0 Å². The molecule has 0 saturated heterocycles. The van der Waals surface area contributed by atoms with E-state index in [9.17, 15) is 14.4 Å². The number of ether oxygens (including phenoxy) is 4. The number of fused-ring (bicyclic) bond motifs is 7. The smallest absolute Gasteiger partial charge is 0.316 e. The molecule has 96 heavy (non-hydrogen) atoms. The molecule has 0 radical (unpaired) electrons. The van der Waals surface area contributed by atoms with Crippen molar-refractivity contribution in [3.05, 3.63) is 255 Å². The van der Waals surface area contributed by atoms with Crippen LogP contribution in [0.25, 0.3) is 0 Å².